The van der Waals surface area contributed by atoms with Gasteiger partial charge in [-0.1, -0.05) is 24.3 Å². The molecule has 0 saturated carbocycles. The molecule has 0 unspecified atom stereocenters. The average Bonchev–Trinajstić information content (AvgIpc) is 2.95. The number of carbonyl (C=O) groups is 1. The van der Waals surface area contributed by atoms with Gasteiger partial charge in [-0.05, 0) is 44.5 Å². The van der Waals surface area contributed by atoms with E-state index in [1.165, 1.54) is 0 Å². The van der Waals surface area contributed by atoms with Crippen molar-refractivity contribution in [2.75, 3.05) is 0 Å². The van der Waals surface area contributed by atoms with Crippen LogP contribution in [0.15, 0.2) is 48.7 Å². The summed E-state index contributed by atoms with van der Waals surface area (Å²) in [6.07, 6.45) is 1.61. The summed E-state index contributed by atoms with van der Waals surface area (Å²) in [7, 11) is 0. The fraction of sp³-hybridized carbons (Fsp3) is 0.211. The van der Waals surface area contributed by atoms with Crippen LogP contribution in [0.2, 0.25) is 0 Å². The van der Waals surface area contributed by atoms with Crippen LogP contribution in [0, 0.1) is 20.8 Å². The van der Waals surface area contributed by atoms with Gasteiger partial charge in [0.05, 0.1) is 35.4 Å². The molecule has 122 valence electrons. The van der Waals surface area contributed by atoms with Crippen LogP contribution in [0.25, 0.3) is 5.69 Å². The first-order valence-corrected chi connectivity index (χ1v) is 7.87. The van der Waals surface area contributed by atoms with Gasteiger partial charge >= 0.3 is 0 Å². The maximum absolute atomic E-state index is 12.5. The number of hydrogen-bond donors (Lipinski definition) is 1. The highest BCUT2D eigenvalue weighted by molar-refractivity contribution is 5.95. The molecule has 5 heteroatoms. The van der Waals surface area contributed by atoms with Crippen LogP contribution in [-0.4, -0.2) is 20.7 Å². The number of aromatic nitrogens is 3. The summed E-state index contributed by atoms with van der Waals surface area (Å²) < 4.78 is 1.80. The molecular formula is C19H20N4O. The third-order valence-electron chi connectivity index (χ3n) is 3.97. The summed E-state index contributed by atoms with van der Waals surface area (Å²) in [5.41, 5.74) is 5.26. The minimum absolute atomic E-state index is 0.143. The normalized spacial score (nSPS) is 10.6. The Kier molecular flexibility index (Phi) is 4.42. The van der Waals surface area contributed by atoms with E-state index in [0.717, 1.165) is 28.3 Å². The standard InChI is InChI=1S/C19H20N4O/c1-13-7-4-5-10-18(13)23-15(3)17(12-21-23)19(24)20-11-16-9-6-8-14(2)22-16/h4-10,12H,11H2,1-3H3,(H,20,24). The Balaban J connectivity index is 1.78. The van der Waals surface area contributed by atoms with Crippen LogP contribution < -0.4 is 5.32 Å². The molecule has 0 aliphatic carbocycles. The fourth-order valence-corrected chi connectivity index (χ4v) is 2.64. The van der Waals surface area contributed by atoms with E-state index in [1.54, 1.807) is 10.9 Å². The topological polar surface area (TPSA) is 59.8 Å². The fourth-order valence-electron chi connectivity index (χ4n) is 2.64. The first-order chi connectivity index (χ1) is 11.6. The Morgan fingerprint density at radius 1 is 1.08 bits per heavy atom. The van der Waals surface area contributed by atoms with Crippen LogP contribution in [0.4, 0.5) is 0 Å². The van der Waals surface area contributed by atoms with Crippen molar-refractivity contribution in [3.8, 4) is 5.69 Å². The highest BCUT2D eigenvalue weighted by atomic mass is 16.1. The molecule has 5 nitrogen and oxygen atoms in total. The van der Waals surface area contributed by atoms with E-state index in [9.17, 15) is 4.79 Å². The maximum atomic E-state index is 12.5. The largest absolute Gasteiger partial charge is 0.346 e. The van der Waals surface area contributed by atoms with Gasteiger partial charge < -0.3 is 5.32 Å². The lowest BCUT2D eigenvalue weighted by molar-refractivity contribution is 0.0949. The Labute approximate surface area is 141 Å². The van der Waals surface area contributed by atoms with Gasteiger partial charge in [0, 0.05) is 5.69 Å². The second-order valence-electron chi connectivity index (χ2n) is 5.79. The minimum atomic E-state index is -0.143. The van der Waals surface area contributed by atoms with Crippen molar-refractivity contribution in [3.63, 3.8) is 0 Å². The molecule has 1 aromatic carbocycles. The van der Waals surface area contributed by atoms with Crippen molar-refractivity contribution in [3.05, 3.63) is 76.9 Å². The van der Waals surface area contributed by atoms with Crippen LogP contribution in [0.3, 0.4) is 0 Å². The Morgan fingerprint density at radius 3 is 2.62 bits per heavy atom. The number of pyridine rings is 1. The molecular weight excluding hydrogens is 300 g/mol. The number of nitrogens with zero attached hydrogens (tertiary/aromatic N) is 3. The Bertz CT molecular complexity index is 883. The number of nitrogens with one attached hydrogen (secondary N) is 1. The lowest BCUT2D eigenvalue weighted by atomic mass is 10.2. The van der Waals surface area contributed by atoms with Crippen molar-refractivity contribution in [1.29, 1.82) is 0 Å². The Morgan fingerprint density at radius 2 is 1.88 bits per heavy atom. The number of aryl methyl sites for hydroxylation is 2. The van der Waals surface area contributed by atoms with Crippen molar-refractivity contribution < 1.29 is 4.79 Å². The number of carbonyl (C=O) groups excluding carboxylic acids is 1. The number of para-hydroxylation sites is 1. The van der Waals surface area contributed by atoms with E-state index in [-0.39, 0.29) is 5.91 Å². The average molecular weight is 320 g/mol. The van der Waals surface area contributed by atoms with Crippen molar-refractivity contribution in [2.45, 2.75) is 27.3 Å². The third-order valence-corrected chi connectivity index (χ3v) is 3.97. The van der Waals surface area contributed by atoms with Gasteiger partial charge in [0.2, 0.25) is 0 Å². The summed E-state index contributed by atoms with van der Waals surface area (Å²) in [5.74, 6) is -0.143. The van der Waals surface area contributed by atoms with Crippen molar-refractivity contribution >= 4 is 5.91 Å². The van der Waals surface area contributed by atoms with Gasteiger partial charge in [-0.3, -0.25) is 9.78 Å². The van der Waals surface area contributed by atoms with Crippen molar-refractivity contribution in [2.24, 2.45) is 0 Å². The van der Waals surface area contributed by atoms with E-state index < -0.39 is 0 Å². The van der Waals surface area contributed by atoms with E-state index >= 15 is 0 Å². The zero-order valence-electron chi connectivity index (χ0n) is 14.1. The summed E-state index contributed by atoms with van der Waals surface area (Å²) in [4.78, 5) is 16.9. The zero-order chi connectivity index (χ0) is 17.1. The molecule has 0 radical (unpaired) electrons. The highest BCUT2D eigenvalue weighted by Gasteiger charge is 2.15. The van der Waals surface area contributed by atoms with E-state index in [2.05, 4.69) is 15.4 Å². The van der Waals surface area contributed by atoms with Gasteiger partial charge in [0.15, 0.2) is 0 Å². The molecule has 0 aliphatic rings. The van der Waals surface area contributed by atoms with Crippen LogP contribution >= 0.6 is 0 Å². The second kappa shape index (κ2) is 6.66. The van der Waals surface area contributed by atoms with Gasteiger partial charge in [-0.2, -0.15) is 5.10 Å². The van der Waals surface area contributed by atoms with Gasteiger partial charge in [-0.15, -0.1) is 0 Å². The SMILES string of the molecule is Cc1cccc(CNC(=O)c2cnn(-c3ccccc3C)c2C)n1. The molecule has 2 heterocycles. The summed E-state index contributed by atoms with van der Waals surface area (Å²) >= 11 is 0. The van der Waals surface area contributed by atoms with Crippen LogP contribution in [0.5, 0.6) is 0 Å². The quantitative estimate of drug-likeness (QED) is 0.803. The third kappa shape index (κ3) is 3.20. The van der Waals surface area contributed by atoms with Gasteiger partial charge in [-0.25, -0.2) is 4.68 Å². The predicted octanol–water partition coefficient (Wildman–Crippen LogP) is 3.12. The van der Waals surface area contributed by atoms with Crippen LogP contribution in [-0.2, 0) is 6.54 Å². The van der Waals surface area contributed by atoms with Gasteiger partial charge in [0.1, 0.15) is 0 Å². The van der Waals surface area contributed by atoms with Gasteiger partial charge in [0.25, 0.3) is 5.91 Å². The number of rotatable bonds is 4. The molecule has 0 atom stereocenters. The predicted molar refractivity (Wildman–Crippen MR) is 93.2 cm³/mol. The summed E-state index contributed by atoms with van der Waals surface area (Å²) in [6.45, 7) is 6.26. The molecule has 0 aliphatic heterocycles. The summed E-state index contributed by atoms with van der Waals surface area (Å²) in [5, 5.41) is 7.29. The molecule has 0 fully saturated rings. The smallest absolute Gasteiger partial charge is 0.255 e. The highest BCUT2D eigenvalue weighted by Crippen LogP contribution is 2.17. The molecule has 0 spiro atoms. The number of benzene rings is 1. The molecule has 3 rings (SSSR count). The van der Waals surface area contributed by atoms with E-state index in [1.807, 2.05) is 63.2 Å². The van der Waals surface area contributed by atoms with Crippen molar-refractivity contribution in [1.82, 2.24) is 20.1 Å². The monoisotopic (exact) mass is 320 g/mol. The molecule has 3 aromatic rings. The molecule has 2 aromatic heterocycles. The second-order valence-corrected chi connectivity index (χ2v) is 5.79. The minimum Gasteiger partial charge on any atom is -0.346 e. The van der Waals surface area contributed by atoms with E-state index in [0.29, 0.717) is 12.1 Å². The lowest BCUT2D eigenvalue weighted by Crippen LogP contribution is -2.24. The molecule has 0 bridgehead atoms. The number of amides is 1. The van der Waals surface area contributed by atoms with Crippen LogP contribution in [0.1, 0.15) is 33.0 Å². The zero-order valence-corrected chi connectivity index (χ0v) is 14.1. The molecule has 0 saturated heterocycles. The molecule has 1 amide bonds. The first-order valence-electron chi connectivity index (χ1n) is 7.87. The Hall–Kier alpha value is -2.95. The molecule has 24 heavy (non-hydrogen) atoms. The number of hydrogen-bond acceptors (Lipinski definition) is 3. The lowest BCUT2D eigenvalue weighted by Gasteiger charge is -2.09. The summed E-state index contributed by atoms with van der Waals surface area (Å²) in [6, 6.07) is 13.7. The maximum Gasteiger partial charge on any atom is 0.255 e. The molecule has 1 N–H and O–H groups in total. The van der Waals surface area contributed by atoms with E-state index in [4.69, 9.17) is 0 Å². The first kappa shape index (κ1) is 15.9.